The average Bonchev–Trinajstić information content (AvgIpc) is 3.23. The van der Waals surface area contributed by atoms with Crippen molar-refractivity contribution in [1.29, 1.82) is 0 Å². The monoisotopic (exact) mass is 364 g/mol. The van der Waals surface area contributed by atoms with Crippen LogP contribution < -0.4 is 15.4 Å². The minimum absolute atomic E-state index is 0.106. The summed E-state index contributed by atoms with van der Waals surface area (Å²) in [5.74, 6) is 1.38. The number of para-hydroxylation sites is 2. The van der Waals surface area contributed by atoms with Crippen LogP contribution >= 0.6 is 0 Å². The summed E-state index contributed by atoms with van der Waals surface area (Å²) in [7, 11) is 0. The van der Waals surface area contributed by atoms with E-state index in [1.165, 1.54) is 5.56 Å². The summed E-state index contributed by atoms with van der Waals surface area (Å²) in [5, 5.41) is 5.94. The summed E-state index contributed by atoms with van der Waals surface area (Å²) in [6, 6.07) is 21.6. The molecule has 0 atom stereocenters. The van der Waals surface area contributed by atoms with Crippen molar-refractivity contribution < 1.29 is 13.9 Å². The average molecular weight is 364 g/mol. The Morgan fingerprint density at radius 2 is 1.78 bits per heavy atom. The van der Waals surface area contributed by atoms with E-state index in [-0.39, 0.29) is 12.5 Å². The molecule has 3 aromatic rings. The lowest BCUT2D eigenvalue weighted by atomic mass is 10.1. The molecule has 0 saturated carbocycles. The van der Waals surface area contributed by atoms with E-state index < -0.39 is 0 Å². The highest BCUT2D eigenvalue weighted by Crippen LogP contribution is 2.23. The molecule has 5 nitrogen and oxygen atoms in total. The summed E-state index contributed by atoms with van der Waals surface area (Å²) in [4.78, 5) is 12.0. The molecular weight excluding hydrogens is 340 g/mol. The molecule has 1 heterocycles. The number of ether oxygens (including phenoxy) is 1. The first-order chi connectivity index (χ1) is 13.3. The zero-order chi connectivity index (χ0) is 18.7. The highest BCUT2D eigenvalue weighted by atomic mass is 16.5. The van der Waals surface area contributed by atoms with E-state index in [1.54, 1.807) is 12.3 Å². The number of anilines is 1. The molecule has 0 aliphatic carbocycles. The van der Waals surface area contributed by atoms with Gasteiger partial charge in [0.25, 0.3) is 0 Å². The van der Waals surface area contributed by atoms with Gasteiger partial charge in [0.15, 0.2) is 0 Å². The Labute approximate surface area is 159 Å². The number of amides is 1. The summed E-state index contributed by atoms with van der Waals surface area (Å²) >= 11 is 0. The van der Waals surface area contributed by atoms with Gasteiger partial charge in [0.05, 0.1) is 31.6 Å². The largest absolute Gasteiger partial charge is 0.491 e. The smallest absolute Gasteiger partial charge is 0.239 e. The van der Waals surface area contributed by atoms with Crippen molar-refractivity contribution in [1.82, 2.24) is 5.32 Å². The maximum atomic E-state index is 12.0. The van der Waals surface area contributed by atoms with E-state index in [9.17, 15) is 4.79 Å². The number of carbonyl (C=O) groups excluding carboxylic acids is 1. The molecule has 27 heavy (non-hydrogen) atoms. The second kappa shape index (κ2) is 10.1. The fraction of sp³-hybridized carbons (Fsp3) is 0.227. The lowest BCUT2D eigenvalue weighted by Crippen LogP contribution is -2.29. The summed E-state index contributed by atoms with van der Waals surface area (Å²) in [6.45, 7) is 1.18. The Morgan fingerprint density at radius 3 is 2.59 bits per heavy atom. The van der Waals surface area contributed by atoms with E-state index in [4.69, 9.17) is 9.15 Å². The van der Waals surface area contributed by atoms with Crippen molar-refractivity contribution in [3.05, 3.63) is 84.3 Å². The minimum atomic E-state index is -0.106. The van der Waals surface area contributed by atoms with Crippen molar-refractivity contribution in [2.24, 2.45) is 0 Å². The number of hydrogen-bond acceptors (Lipinski definition) is 4. The number of carbonyl (C=O) groups is 1. The SMILES string of the molecule is O=C(CNc1ccccc1OCCCc1ccccc1)NCc1ccco1. The summed E-state index contributed by atoms with van der Waals surface area (Å²) in [5.41, 5.74) is 2.12. The van der Waals surface area contributed by atoms with Crippen molar-refractivity contribution in [3.8, 4) is 5.75 Å². The molecular formula is C22H24N2O3. The van der Waals surface area contributed by atoms with Crippen LogP contribution in [-0.2, 0) is 17.8 Å². The number of hydrogen-bond donors (Lipinski definition) is 2. The predicted octanol–water partition coefficient (Wildman–Crippen LogP) is 4.02. The first-order valence-corrected chi connectivity index (χ1v) is 9.10. The molecule has 140 valence electrons. The van der Waals surface area contributed by atoms with Gasteiger partial charge in [-0.2, -0.15) is 0 Å². The van der Waals surface area contributed by atoms with Crippen LogP contribution in [0, 0.1) is 0 Å². The highest BCUT2D eigenvalue weighted by Gasteiger charge is 2.06. The van der Waals surface area contributed by atoms with Gasteiger partial charge in [0.1, 0.15) is 11.5 Å². The van der Waals surface area contributed by atoms with E-state index in [0.717, 1.165) is 30.0 Å². The molecule has 2 N–H and O–H groups in total. The zero-order valence-corrected chi connectivity index (χ0v) is 15.2. The Morgan fingerprint density at radius 1 is 0.963 bits per heavy atom. The molecule has 3 rings (SSSR count). The Kier molecular flexibility index (Phi) is 6.92. The fourth-order valence-corrected chi connectivity index (χ4v) is 2.68. The van der Waals surface area contributed by atoms with Crippen LogP contribution in [0.4, 0.5) is 5.69 Å². The minimum Gasteiger partial charge on any atom is -0.491 e. The summed E-state index contributed by atoms with van der Waals surface area (Å²) < 4.78 is 11.1. The Balaban J connectivity index is 1.42. The van der Waals surface area contributed by atoms with Gasteiger partial charge in [-0.3, -0.25) is 4.79 Å². The third-order valence-electron chi connectivity index (χ3n) is 4.08. The topological polar surface area (TPSA) is 63.5 Å². The fourth-order valence-electron chi connectivity index (χ4n) is 2.68. The maximum Gasteiger partial charge on any atom is 0.239 e. The van der Waals surface area contributed by atoms with E-state index >= 15 is 0 Å². The second-order valence-electron chi connectivity index (χ2n) is 6.14. The van der Waals surface area contributed by atoms with Gasteiger partial charge in [-0.25, -0.2) is 0 Å². The standard InChI is InChI=1S/C22H24N2O3/c25-22(24-16-19-11-7-14-26-19)17-23-20-12-4-5-13-21(20)27-15-6-10-18-8-2-1-3-9-18/h1-5,7-9,11-14,23H,6,10,15-17H2,(H,24,25). The number of nitrogens with one attached hydrogen (secondary N) is 2. The van der Waals surface area contributed by atoms with Crippen molar-refractivity contribution in [2.45, 2.75) is 19.4 Å². The van der Waals surface area contributed by atoms with Crippen LogP contribution in [0.2, 0.25) is 0 Å². The third-order valence-corrected chi connectivity index (χ3v) is 4.08. The van der Waals surface area contributed by atoms with Gasteiger partial charge < -0.3 is 19.8 Å². The van der Waals surface area contributed by atoms with Crippen LogP contribution in [0.1, 0.15) is 17.7 Å². The maximum absolute atomic E-state index is 12.0. The first kappa shape index (κ1) is 18.6. The van der Waals surface area contributed by atoms with Gasteiger partial charge in [-0.15, -0.1) is 0 Å². The van der Waals surface area contributed by atoms with Crippen LogP contribution in [0.5, 0.6) is 5.75 Å². The quantitative estimate of drug-likeness (QED) is 0.533. The van der Waals surface area contributed by atoms with Gasteiger partial charge >= 0.3 is 0 Å². The van der Waals surface area contributed by atoms with Crippen LogP contribution in [0.15, 0.2) is 77.4 Å². The molecule has 0 radical (unpaired) electrons. The number of benzene rings is 2. The molecule has 5 heteroatoms. The second-order valence-corrected chi connectivity index (χ2v) is 6.14. The van der Waals surface area contributed by atoms with Gasteiger partial charge in [-0.1, -0.05) is 42.5 Å². The zero-order valence-electron chi connectivity index (χ0n) is 15.2. The molecule has 0 saturated heterocycles. The molecule has 1 aromatic heterocycles. The summed E-state index contributed by atoms with van der Waals surface area (Å²) in [6.07, 6.45) is 3.50. The Bertz CT molecular complexity index is 817. The molecule has 0 aliphatic rings. The van der Waals surface area contributed by atoms with Crippen molar-refractivity contribution in [2.75, 3.05) is 18.5 Å². The van der Waals surface area contributed by atoms with Crippen molar-refractivity contribution >= 4 is 11.6 Å². The molecule has 0 spiro atoms. The van der Waals surface area contributed by atoms with Gasteiger partial charge in [0, 0.05) is 0 Å². The van der Waals surface area contributed by atoms with E-state index in [1.807, 2.05) is 48.5 Å². The van der Waals surface area contributed by atoms with E-state index in [0.29, 0.717) is 13.2 Å². The third kappa shape index (κ3) is 6.22. The predicted molar refractivity (Wildman–Crippen MR) is 106 cm³/mol. The van der Waals surface area contributed by atoms with Gasteiger partial charge in [0.2, 0.25) is 5.91 Å². The lowest BCUT2D eigenvalue weighted by Gasteiger charge is -2.13. The molecule has 0 unspecified atom stereocenters. The number of rotatable bonds is 10. The normalized spacial score (nSPS) is 10.4. The highest BCUT2D eigenvalue weighted by molar-refractivity contribution is 5.81. The van der Waals surface area contributed by atoms with E-state index in [2.05, 4.69) is 22.8 Å². The number of aryl methyl sites for hydroxylation is 1. The number of furan rings is 1. The van der Waals surface area contributed by atoms with Crippen LogP contribution in [0.3, 0.4) is 0 Å². The van der Waals surface area contributed by atoms with Crippen LogP contribution in [-0.4, -0.2) is 19.1 Å². The molecule has 0 aliphatic heterocycles. The lowest BCUT2D eigenvalue weighted by molar-refractivity contribution is -0.119. The van der Waals surface area contributed by atoms with Gasteiger partial charge in [-0.05, 0) is 42.7 Å². The van der Waals surface area contributed by atoms with Crippen molar-refractivity contribution in [3.63, 3.8) is 0 Å². The molecule has 0 fully saturated rings. The Hall–Kier alpha value is -3.21. The first-order valence-electron chi connectivity index (χ1n) is 9.10. The molecule has 1 amide bonds. The van der Waals surface area contributed by atoms with Crippen LogP contribution in [0.25, 0.3) is 0 Å². The molecule has 2 aromatic carbocycles. The molecule has 0 bridgehead atoms.